The van der Waals surface area contributed by atoms with Crippen molar-refractivity contribution in [3.63, 3.8) is 0 Å². The Kier molecular flexibility index (Phi) is 2.81. The summed E-state index contributed by atoms with van der Waals surface area (Å²) < 4.78 is 2.85. The van der Waals surface area contributed by atoms with E-state index in [1.807, 2.05) is 12.1 Å². The maximum absolute atomic E-state index is 5.88. The summed E-state index contributed by atoms with van der Waals surface area (Å²) >= 11 is 14.3. The Hall–Kier alpha value is -0.850. The lowest BCUT2D eigenvalue weighted by molar-refractivity contribution is 1.04. The molecule has 0 aliphatic rings. The number of halogens is 2. The number of rotatable bonds is 1. The van der Waals surface area contributed by atoms with Gasteiger partial charge in [-0.15, -0.1) is 5.10 Å². The predicted octanol–water partition coefficient (Wildman–Crippen LogP) is 2.93. The minimum atomic E-state index is 0.314. The number of hydrogen-bond acceptors (Lipinski definition) is 3. The van der Waals surface area contributed by atoms with E-state index in [1.165, 1.54) is 0 Å². The van der Waals surface area contributed by atoms with Crippen LogP contribution >= 0.6 is 39.7 Å². The van der Waals surface area contributed by atoms with E-state index >= 15 is 0 Å². The van der Waals surface area contributed by atoms with Crippen molar-refractivity contribution >= 4 is 45.7 Å². The van der Waals surface area contributed by atoms with Crippen molar-refractivity contribution in [1.29, 1.82) is 0 Å². The molecule has 7 heteroatoms. The average molecular weight is 306 g/mol. The second-order valence-electron chi connectivity index (χ2n) is 2.82. The monoisotopic (exact) mass is 304 g/mol. The Morgan fingerprint density at radius 1 is 1.53 bits per heavy atom. The number of H-pyrrole nitrogens is 1. The lowest BCUT2D eigenvalue weighted by Crippen LogP contribution is -2.00. The molecule has 0 bridgehead atoms. The summed E-state index contributed by atoms with van der Waals surface area (Å²) in [7, 11) is 0. The van der Waals surface area contributed by atoms with Crippen LogP contribution in [0.1, 0.15) is 0 Å². The van der Waals surface area contributed by atoms with Gasteiger partial charge in [0, 0.05) is 4.47 Å². The maximum Gasteiger partial charge on any atom is 0.225 e. The molecule has 2 aromatic rings. The van der Waals surface area contributed by atoms with Gasteiger partial charge in [-0.05, 0) is 46.3 Å². The van der Waals surface area contributed by atoms with Crippen molar-refractivity contribution in [2.24, 2.45) is 0 Å². The molecule has 1 aromatic carbocycles. The van der Waals surface area contributed by atoms with E-state index in [1.54, 1.807) is 10.6 Å². The van der Waals surface area contributed by atoms with Crippen molar-refractivity contribution < 1.29 is 0 Å². The molecule has 1 heterocycles. The number of aromatic nitrogens is 3. The lowest BCUT2D eigenvalue weighted by atomic mass is 10.3. The van der Waals surface area contributed by atoms with Crippen LogP contribution in [0.25, 0.3) is 5.69 Å². The first kappa shape index (κ1) is 10.7. The molecule has 15 heavy (non-hydrogen) atoms. The summed E-state index contributed by atoms with van der Waals surface area (Å²) in [5.74, 6) is 0.314. The van der Waals surface area contributed by atoms with Crippen LogP contribution in [0, 0.1) is 4.77 Å². The normalized spacial score (nSPS) is 10.5. The maximum atomic E-state index is 5.88. The fourth-order valence-corrected chi connectivity index (χ4v) is 1.91. The molecule has 0 saturated heterocycles. The molecule has 0 unspecified atom stereocenters. The standard InChI is InChI=1S/C8H6BrClN4S/c9-5-3-4(1-2-6(5)10)14-7(11)12-13-8(14)15/h1-3H,(H2,11,12)(H,13,15). The zero-order valence-electron chi connectivity index (χ0n) is 7.37. The molecular weight excluding hydrogens is 300 g/mol. The van der Waals surface area contributed by atoms with Crippen LogP contribution in [0.3, 0.4) is 0 Å². The van der Waals surface area contributed by atoms with E-state index in [9.17, 15) is 0 Å². The number of nitrogens with zero attached hydrogens (tertiary/aromatic N) is 2. The van der Waals surface area contributed by atoms with Crippen LogP contribution in [0.15, 0.2) is 22.7 Å². The Bertz CT molecular complexity index is 562. The second-order valence-corrected chi connectivity index (χ2v) is 4.47. The number of nitrogen functional groups attached to an aromatic ring is 1. The summed E-state index contributed by atoms with van der Waals surface area (Å²) in [5.41, 5.74) is 6.48. The van der Waals surface area contributed by atoms with Gasteiger partial charge in [0.05, 0.1) is 10.7 Å². The van der Waals surface area contributed by atoms with Gasteiger partial charge in [0.1, 0.15) is 0 Å². The van der Waals surface area contributed by atoms with E-state index in [0.717, 1.165) is 10.2 Å². The highest BCUT2D eigenvalue weighted by atomic mass is 79.9. The SMILES string of the molecule is Nc1n[nH]c(=S)n1-c1ccc(Cl)c(Br)c1. The largest absolute Gasteiger partial charge is 0.368 e. The third-order valence-corrected chi connectivity index (χ3v) is 3.35. The number of nitrogens with two attached hydrogens (primary N) is 1. The fraction of sp³-hybridized carbons (Fsp3) is 0. The molecule has 0 atom stereocenters. The van der Waals surface area contributed by atoms with Crippen molar-refractivity contribution in [1.82, 2.24) is 14.8 Å². The van der Waals surface area contributed by atoms with E-state index < -0.39 is 0 Å². The quantitative estimate of drug-likeness (QED) is 0.796. The number of nitrogens with one attached hydrogen (secondary N) is 1. The van der Waals surface area contributed by atoms with Crippen molar-refractivity contribution in [3.8, 4) is 5.69 Å². The summed E-state index contributed by atoms with van der Waals surface area (Å²) in [6.07, 6.45) is 0. The molecule has 0 saturated carbocycles. The molecule has 0 aliphatic carbocycles. The van der Waals surface area contributed by atoms with Crippen LogP contribution in [0.5, 0.6) is 0 Å². The summed E-state index contributed by atoms with van der Waals surface area (Å²) in [6.45, 7) is 0. The highest BCUT2D eigenvalue weighted by Crippen LogP contribution is 2.25. The zero-order chi connectivity index (χ0) is 11.0. The Balaban J connectivity index is 2.65. The van der Waals surface area contributed by atoms with Gasteiger partial charge >= 0.3 is 0 Å². The molecule has 78 valence electrons. The minimum Gasteiger partial charge on any atom is -0.368 e. The molecule has 0 fully saturated rings. The number of aromatic amines is 1. The first-order chi connectivity index (χ1) is 7.09. The van der Waals surface area contributed by atoms with Gasteiger partial charge in [0.15, 0.2) is 0 Å². The van der Waals surface area contributed by atoms with E-state index in [2.05, 4.69) is 26.1 Å². The third kappa shape index (κ3) is 1.92. The van der Waals surface area contributed by atoms with Gasteiger partial charge in [-0.25, -0.2) is 5.10 Å². The van der Waals surface area contributed by atoms with Crippen LogP contribution in [0.2, 0.25) is 5.02 Å². The summed E-state index contributed by atoms with van der Waals surface area (Å²) in [5, 5.41) is 7.06. The summed E-state index contributed by atoms with van der Waals surface area (Å²) in [6, 6.07) is 5.40. The van der Waals surface area contributed by atoms with Crippen molar-refractivity contribution in [3.05, 3.63) is 32.5 Å². The van der Waals surface area contributed by atoms with E-state index in [0.29, 0.717) is 15.7 Å². The molecule has 0 amide bonds. The minimum absolute atomic E-state index is 0.314. The summed E-state index contributed by atoms with van der Waals surface area (Å²) in [4.78, 5) is 0. The number of benzene rings is 1. The molecule has 0 spiro atoms. The van der Waals surface area contributed by atoms with E-state index in [4.69, 9.17) is 29.6 Å². The third-order valence-electron chi connectivity index (χ3n) is 1.86. The highest BCUT2D eigenvalue weighted by molar-refractivity contribution is 9.10. The smallest absolute Gasteiger partial charge is 0.225 e. The first-order valence-corrected chi connectivity index (χ1v) is 5.56. The molecular formula is C8H6BrClN4S. The molecule has 3 N–H and O–H groups in total. The van der Waals surface area contributed by atoms with E-state index in [-0.39, 0.29) is 0 Å². The average Bonchev–Trinajstić information content (AvgIpc) is 2.52. The van der Waals surface area contributed by atoms with Gasteiger partial charge in [0.2, 0.25) is 10.7 Å². The predicted molar refractivity (Wildman–Crippen MR) is 65.9 cm³/mol. The Morgan fingerprint density at radius 3 is 2.80 bits per heavy atom. The molecule has 1 aromatic heterocycles. The van der Waals surface area contributed by atoms with Crippen LogP contribution in [0.4, 0.5) is 5.95 Å². The van der Waals surface area contributed by atoms with Gasteiger partial charge in [-0.1, -0.05) is 11.6 Å². The molecule has 0 radical (unpaired) electrons. The first-order valence-electron chi connectivity index (χ1n) is 3.98. The Morgan fingerprint density at radius 2 is 2.27 bits per heavy atom. The lowest BCUT2D eigenvalue weighted by Gasteiger charge is -2.04. The van der Waals surface area contributed by atoms with Crippen LogP contribution in [-0.2, 0) is 0 Å². The highest BCUT2D eigenvalue weighted by Gasteiger charge is 2.06. The molecule has 2 rings (SSSR count). The molecule has 4 nitrogen and oxygen atoms in total. The number of hydrogen-bond donors (Lipinski definition) is 2. The topological polar surface area (TPSA) is 59.6 Å². The zero-order valence-corrected chi connectivity index (χ0v) is 10.5. The van der Waals surface area contributed by atoms with Crippen LogP contribution < -0.4 is 5.73 Å². The fourth-order valence-electron chi connectivity index (χ4n) is 1.18. The van der Waals surface area contributed by atoms with Crippen molar-refractivity contribution in [2.45, 2.75) is 0 Å². The number of anilines is 1. The second kappa shape index (κ2) is 3.96. The van der Waals surface area contributed by atoms with Crippen molar-refractivity contribution in [2.75, 3.05) is 5.73 Å². The molecule has 0 aliphatic heterocycles. The Labute approximate surface area is 104 Å². The van der Waals surface area contributed by atoms with Gasteiger partial charge in [0.25, 0.3) is 0 Å². The van der Waals surface area contributed by atoms with Gasteiger partial charge in [-0.3, -0.25) is 4.57 Å². The van der Waals surface area contributed by atoms with Crippen LogP contribution in [-0.4, -0.2) is 14.8 Å². The van der Waals surface area contributed by atoms with Gasteiger partial charge in [-0.2, -0.15) is 0 Å². The van der Waals surface area contributed by atoms with Gasteiger partial charge < -0.3 is 5.73 Å².